The molecule has 3 N–H and O–H groups in total. The third-order valence-corrected chi connectivity index (χ3v) is 1.42. The molecular formula is C3H8O5S. The minimum absolute atomic E-state index is 0.667. The highest BCUT2D eigenvalue weighted by Crippen LogP contribution is 1.87. The van der Waals surface area contributed by atoms with Gasteiger partial charge in [-0.2, -0.15) is 8.42 Å². The second-order valence-corrected chi connectivity index (χ2v) is 3.08. The summed E-state index contributed by atoms with van der Waals surface area (Å²) in [7, 11) is -4.15. The second-order valence-electron chi connectivity index (χ2n) is 1.58. The van der Waals surface area contributed by atoms with Crippen molar-refractivity contribution in [3.63, 3.8) is 0 Å². The van der Waals surface area contributed by atoms with Crippen molar-refractivity contribution in [1.82, 2.24) is 0 Å². The van der Waals surface area contributed by atoms with Gasteiger partial charge < -0.3 is 10.2 Å². The average molecular weight is 156 g/mol. The first kappa shape index (κ1) is 8.83. The molecule has 0 unspecified atom stereocenters. The van der Waals surface area contributed by atoms with Crippen LogP contribution in [0.15, 0.2) is 0 Å². The lowest BCUT2D eigenvalue weighted by Crippen LogP contribution is -2.23. The van der Waals surface area contributed by atoms with Crippen LogP contribution >= 0.6 is 0 Å². The largest absolute Gasteiger partial charge is 0.394 e. The van der Waals surface area contributed by atoms with Gasteiger partial charge in [-0.1, -0.05) is 0 Å². The van der Waals surface area contributed by atoms with Crippen LogP contribution in [0, 0.1) is 0 Å². The van der Waals surface area contributed by atoms with Crippen LogP contribution in [-0.4, -0.2) is 41.6 Å². The normalized spacial score (nSPS) is 15.4. The van der Waals surface area contributed by atoms with Crippen LogP contribution in [0.5, 0.6) is 0 Å². The van der Waals surface area contributed by atoms with Crippen LogP contribution in [0.2, 0.25) is 0 Å². The van der Waals surface area contributed by atoms with E-state index in [0.29, 0.717) is 0 Å². The van der Waals surface area contributed by atoms with Crippen LogP contribution in [0.1, 0.15) is 0 Å². The smallest absolute Gasteiger partial charge is 0.267 e. The van der Waals surface area contributed by atoms with Crippen molar-refractivity contribution in [1.29, 1.82) is 0 Å². The molecule has 0 saturated carbocycles. The predicted molar refractivity (Wildman–Crippen MR) is 29.5 cm³/mol. The molecule has 0 aromatic heterocycles. The van der Waals surface area contributed by atoms with Crippen molar-refractivity contribution in [2.45, 2.75) is 6.10 Å². The van der Waals surface area contributed by atoms with Gasteiger partial charge in [0.25, 0.3) is 10.1 Å². The summed E-state index contributed by atoms with van der Waals surface area (Å²) in [6.07, 6.45) is -1.39. The van der Waals surface area contributed by atoms with Crippen LogP contribution in [0.3, 0.4) is 0 Å². The van der Waals surface area contributed by atoms with E-state index in [0.717, 1.165) is 0 Å². The lowest BCUT2D eigenvalue weighted by molar-refractivity contribution is 0.111. The molecule has 6 heteroatoms. The van der Waals surface area contributed by atoms with Gasteiger partial charge >= 0.3 is 0 Å². The van der Waals surface area contributed by atoms with Gasteiger partial charge in [0, 0.05) is 0 Å². The van der Waals surface area contributed by atoms with Crippen molar-refractivity contribution in [2.75, 3.05) is 12.4 Å². The Hall–Kier alpha value is -0.170. The van der Waals surface area contributed by atoms with Gasteiger partial charge in [0.1, 0.15) is 5.75 Å². The Labute approximate surface area is 52.7 Å². The van der Waals surface area contributed by atoms with Crippen LogP contribution in [0.25, 0.3) is 0 Å². The fraction of sp³-hybridized carbons (Fsp3) is 1.00. The molecule has 0 amide bonds. The molecule has 1 atom stereocenters. The number of aliphatic hydroxyl groups excluding tert-OH is 2. The zero-order chi connectivity index (χ0) is 7.49. The maximum Gasteiger partial charge on any atom is 0.267 e. The van der Waals surface area contributed by atoms with Crippen molar-refractivity contribution >= 4 is 10.1 Å². The summed E-state index contributed by atoms with van der Waals surface area (Å²) in [4.78, 5) is 0. The Morgan fingerprint density at radius 3 is 2.00 bits per heavy atom. The zero-order valence-electron chi connectivity index (χ0n) is 4.56. The molecule has 0 saturated heterocycles. The van der Waals surface area contributed by atoms with E-state index >= 15 is 0 Å². The Morgan fingerprint density at radius 2 is 1.89 bits per heavy atom. The number of hydrogen-bond donors (Lipinski definition) is 3. The average Bonchev–Trinajstić information content (AvgIpc) is 1.62. The number of hydrogen-bond acceptors (Lipinski definition) is 4. The monoisotopic (exact) mass is 156 g/mol. The standard InChI is InChI=1S/C3H8O5S/c4-1-3(5)2-9(6,7)8/h3-5H,1-2H2,(H,6,7,8)/t3-/m1/s1. The van der Waals surface area contributed by atoms with Crippen molar-refractivity contribution in [3.05, 3.63) is 0 Å². The molecule has 5 nitrogen and oxygen atoms in total. The molecular weight excluding hydrogens is 148 g/mol. The predicted octanol–water partition coefficient (Wildman–Crippen LogP) is -1.77. The highest BCUT2D eigenvalue weighted by atomic mass is 32.2. The molecule has 0 bridgehead atoms. The van der Waals surface area contributed by atoms with Crippen LogP contribution < -0.4 is 0 Å². The summed E-state index contributed by atoms with van der Waals surface area (Å²) in [6, 6.07) is 0. The first-order valence-electron chi connectivity index (χ1n) is 2.20. The van der Waals surface area contributed by atoms with Gasteiger partial charge in [-0.3, -0.25) is 4.55 Å². The third-order valence-electron chi connectivity index (χ3n) is 0.614. The molecule has 0 fully saturated rings. The first-order chi connectivity index (χ1) is 3.95. The summed E-state index contributed by atoms with van der Waals surface area (Å²) in [5.41, 5.74) is 0. The molecule has 0 heterocycles. The topological polar surface area (TPSA) is 94.8 Å². The molecule has 9 heavy (non-hydrogen) atoms. The third kappa shape index (κ3) is 5.71. The van der Waals surface area contributed by atoms with Crippen molar-refractivity contribution in [2.24, 2.45) is 0 Å². The van der Waals surface area contributed by atoms with E-state index in [-0.39, 0.29) is 0 Å². The van der Waals surface area contributed by atoms with E-state index in [9.17, 15) is 8.42 Å². The molecule has 0 aliphatic carbocycles. The Morgan fingerprint density at radius 1 is 1.44 bits per heavy atom. The van der Waals surface area contributed by atoms with E-state index in [4.69, 9.17) is 14.8 Å². The first-order valence-corrected chi connectivity index (χ1v) is 3.80. The number of rotatable bonds is 3. The van der Waals surface area contributed by atoms with Gasteiger partial charge in [0.15, 0.2) is 0 Å². The highest BCUT2D eigenvalue weighted by molar-refractivity contribution is 7.85. The number of aliphatic hydroxyl groups is 2. The Balaban J connectivity index is 3.75. The summed E-state index contributed by atoms with van der Waals surface area (Å²) >= 11 is 0. The summed E-state index contributed by atoms with van der Waals surface area (Å²) in [5.74, 6) is -0.816. The van der Waals surface area contributed by atoms with Crippen molar-refractivity contribution < 1.29 is 23.2 Å². The van der Waals surface area contributed by atoms with Gasteiger partial charge in [-0.25, -0.2) is 0 Å². The molecule has 0 radical (unpaired) electrons. The van der Waals surface area contributed by atoms with E-state index < -0.39 is 28.6 Å². The van der Waals surface area contributed by atoms with E-state index in [1.807, 2.05) is 0 Å². The second kappa shape index (κ2) is 3.11. The molecule has 0 aliphatic heterocycles. The minimum Gasteiger partial charge on any atom is -0.394 e. The maximum absolute atomic E-state index is 9.88. The van der Waals surface area contributed by atoms with Gasteiger partial charge in [-0.15, -0.1) is 0 Å². The summed E-state index contributed by atoms with van der Waals surface area (Å²) in [6.45, 7) is -0.667. The summed E-state index contributed by atoms with van der Waals surface area (Å²) in [5, 5.41) is 16.5. The Kier molecular flexibility index (Phi) is 3.06. The molecule has 0 aromatic carbocycles. The maximum atomic E-state index is 9.88. The SMILES string of the molecule is O=S(=O)(O)C[C@H](O)CO. The fourth-order valence-corrected chi connectivity index (χ4v) is 0.887. The van der Waals surface area contributed by atoms with E-state index in [1.54, 1.807) is 0 Å². The highest BCUT2D eigenvalue weighted by Gasteiger charge is 2.11. The van der Waals surface area contributed by atoms with Gasteiger partial charge in [0.2, 0.25) is 0 Å². The van der Waals surface area contributed by atoms with Gasteiger partial charge in [-0.05, 0) is 0 Å². The molecule has 0 aliphatic rings. The zero-order valence-corrected chi connectivity index (χ0v) is 5.37. The van der Waals surface area contributed by atoms with Crippen LogP contribution in [-0.2, 0) is 10.1 Å². The Bertz CT molecular complexity index is 159. The lowest BCUT2D eigenvalue weighted by atomic mass is 10.4. The lowest BCUT2D eigenvalue weighted by Gasteiger charge is -2.01. The van der Waals surface area contributed by atoms with E-state index in [2.05, 4.69) is 0 Å². The molecule has 0 aromatic rings. The fourth-order valence-electron chi connectivity index (χ4n) is 0.296. The molecule has 0 spiro atoms. The minimum atomic E-state index is -4.15. The molecule has 56 valence electrons. The van der Waals surface area contributed by atoms with Gasteiger partial charge in [0.05, 0.1) is 12.7 Å². The molecule has 0 rings (SSSR count). The van der Waals surface area contributed by atoms with E-state index in [1.165, 1.54) is 0 Å². The quantitative estimate of drug-likeness (QED) is 0.420. The summed E-state index contributed by atoms with van der Waals surface area (Å²) < 4.78 is 27.8. The van der Waals surface area contributed by atoms with Crippen LogP contribution in [0.4, 0.5) is 0 Å². The van der Waals surface area contributed by atoms with Crippen molar-refractivity contribution in [3.8, 4) is 0 Å².